The predicted octanol–water partition coefficient (Wildman–Crippen LogP) is 2.58. The molecule has 0 saturated heterocycles. The molecule has 0 spiro atoms. The summed E-state index contributed by atoms with van der Waals surface area (Å²) < 4.78 is 3.39. The first-order valence-electron chi connectivity index (χ1n) is 5.18. The molecule has 1 aromatic rings. The number of methoxy groups -OCH3 is 1. The van der Waals surface area contributed by atoms with E-state index in [-0.39, 0.29) is 12.5 Å². The summed E-state index contributed by atoms with van der Waals surface area (Å²) in [6, 6.07) is 7.13. The summed E-state index contributed by atoms with van der Waals surface area (Å²) in [6.07, 6.45) is 1.00. The van der Waals surface area contributed by atoms with E-state index in [1.807, 2.05) is 0 Å². The Bertz CT molecular complexity index is 443. The Morgan fingerprint density at radius 2 is 2.00 bits per heavy atom. The van der Waals surface area contributed by atoms with E-state index in [4.69, 9.17) is 39.5 Å². The smallest absolute Gasteiger partial charge is 0.259 e. The van der Waals surface area contributed by atoms with E-state index in [1.165, 1.54) is 0 Å². The van der Waals surface area contributed by atoms with Crippen molar-refractivity contribution in [2.75, 3.05) is 19.0 Å². The van der Waals surface area contributed by atoms with Crippen molar-refractivity contribution in [3.8, 4) is 5.75 Å². The highest BCUT2D eigenvalue weighted by Crippen LogP contribution is 2.22. The van der Waals surface area contributed by atoms with Gasteiger partial charge in [-0.15, -0.1) is 0 Å². The molecule has 0 aliphatic carbocycles. The zero-order valence-electron chi connectivity index (χ0n) is 9.99. The van der Waals surface area contributed by atoms with Gasteiger partial charge in [-0.2, -0.15) is 5.10 Å². The maximum atomic E-state index is 11.4. The lowest BCUT2D eigenvalue weighted by molar-refractivity contribution is -0.119. The zero-order valence-corrected chi connectivity index (χ0v) is 12.3. The van der Waals surface area contributed by atoms with E-state index < -0.39 is 3.79 Å². The Morgan fingerprint density at radius 1 is 1.37 bits per heavy atom. The zero-order chi connectivity index (χ0) is 14.3. The van der Waals surface area contributed by atoms with Crippen molar-refractivity contribution in [3.05, 3.63) is 24.3 Å². The van der Waals surface area contributed by atoms with Gasteiger partial charge in [0, 0.05) is 5.69 Å². The number of ether oxygens (including phenoxy) is 1. The van der Waals surface area contributed by atoms with E-state index >= 15 is 0 Å². The molecular formula is C11H12Cl3N3O2. The number of hydrogen-bond donors (Lipinski definition) is 2. The number of benzene rings is 1. The van der Waals surface area contributed by atoms with Crippen LogP contribution in [0.4, 0.5) is 5.69 Å². The fraction of sp³-hybridized carbons (Fsp3) is 0.273. The minimum atomic E-state index is -1.63. The number of nitrogens with one attached hydrogen (secondary N) is 2. The number of nitrogens with zero attached hydrogens (tertiary/aromatic N) is 1. The molecule has 0 aliphatic heterocycles. The van der Waals surface area contributed by atoms with Crippen molar-refractivity contribution in [2.24, 2.45) is 5.10 Å². The van der Waals surface area contributed by atoms with Crippen molar-refractivity contribution < 1.29 is 9.53 Å². The summed E-state index contributed by atoms with van der Waals surface area (Å²) >= 11 is 16.3. The molecule has 19 heavy (non-hydrogen) atoms. The van der Waals surface area contributed by atoms with Crippen LogP contribution in [0.25, 0.3) is 0 Å². The summed E-state index contributed by atoms with van der Waals surface area (Å²) in [5.41, 5.74) is 3.00. The highest BCUT2D eigenvalue weighted by Gasteiger charge is 2.15. The van der Waals surface area contributed by atoms with Gasteiger partial charge in [-0.1, -0.05) is 34.8 Å². The second-order valence-electron chi connectivity index (χ2n) is 3.42. The average Bonchev–Trinajstić information content (AvgIpc) is 2.35. The van der Waals surface area contributed by atoms with Crippen LogP contribution in [0.3, 0.4) is 0 Å². The molecule has 1 aromatic carbocycles. The third-order valence-corrected chi connectivity index (χ3v) is 2.24. The van der Waals surface area contributed by atoms with E-state index in [0.29, 0.717) is 0 Å². The largest absolute Gasteiger partial charge is 0.497 e. The van der Waals surface area contributed by atoms with Crippen molar-refractivity contribution in [3.63, 3.8) is 0 Å². The SMILES string of the molecule is COc1ccc(NCC(=O)N/N=C\C(Cl)(Cl)Cl)cc1. The van der Waals surface area contributed by atoms with Crippen LogP contribution in [0.5, 0.6) is 5.75 Å². The van der Waals surface area contributed by atoms with Crippen LogP contribution >= 0.6 is 34.8 Å². The number of hydrogen-bond acceptors (Lipinski definition) is 4. The first-order valence-corrected chi connectivity index (χ1v) is 6.32. The average molecular weight is 325 g/mol. The number of amides is 1. The molecule has 0 fully saturated rings. The Kier molecular flexibility index (Phi) is 6.21. The van der Waals surface area contributed by atoms with Gasteiger partial charge < -0.3 is 10.1 Å². The Balaban J connectivity index is 2.35. The first kappa shape index (κ1) is 15.9. The molecule has 1 amide bonds. The molecule has 0 aromatic heterocycles. The van der Waals surface area contributed by atoms with Gasteiger partial charge in [0.05, 0.1) is 19.9 Å². The fourth-order valence-corrected chi connectivity index (χ4v) is 1.25. The highest BCUT2D eigenvalue weighted by atomic mass is 35.6. The van der Waals surface area contributed by atoms with Crippen molar-refractivity contribution in [1.82, 2.24) is 5.43 Å². The van der Waals surface area contributed by atoms with Crippen LogP contribution in [0.1, 0.15) is 0 Å². The summed E-state index contributed by atoms with van der Waals surface area (Å²) in [5.74, 6) is 0.378. The molecule has 104 valence electrons. The lowest BCUT2D eigenvalue weighted by atomic mass is 10.3. The van der Waals surface area contributed by atoms with Crippen LogP contribution in [-0.4, -0.2) is 29.6 Å². The number of carbonyl (C=O) groups excluding carboxylic acids is 1. The number of rotatable bonds is 5. The molecule has 0 radical (unpaired) electrons. The van der Waals surface area contributed by atoms with Gasteiger partial charge in [0.25, 0.3) is 5.91 Å². The minimum absolute atomic E-state index is 0.0452. The molecular weight excluding hydrogens is 312 g/mol. The molecule has 0 heterocycles. The van der Waals surface area contributed by atoms with Crippen LogP contribution in [-0.2, 0) is 4.79 Å². The Hall–Kier alpha value is -1.17. The summed E-state index contributed by atoms with van der Waals surface area (Å²) in [7, 11) is 1.58. The molecule has 0 bridgehead atoms. The van der Waals surface area contributed by atoms with Crippen LogP contribution < -0.4 is 15.5 Å². The normalized spacial score (nSPS) is 11.4. The van der Waals surface area contributed by atoms with E-state index in [0.717, 1.165) is 17.7 Å². The monoisotopic (exact) mass is 323 g/mol. The summed E-state index contributed by atoms with van der Waals surface area (Å²) in [6.45, 7) is 0.0452. The number of alkyl halides is 3. The third-order valence-electron chi connectivity index (χ3n) is 1.94. The molecule has 1 rings (SSSR count). The number of carbonyl (C=O) groups is 1. The van der Waals surface area contributed by atoms with E-state index in [2.05, 4.69) is 15.8 Å². The molecule has 0 saturated carbocycles. The van der Waals surface area contributed by atoms with Gasteiger partial charge >= 0.3 is 0 Å². The van der Waals surface area contributed by atoms with E-state index in [9.17, 15) is 4.79 Å². The van der Waals surface area contributed by atoms with Crippen LogP contribution in [0.2, 0.25) is 0 Å². The number of hydrazone groups is 1. The quantitative estimate of drug-likeness (QED) is 0.497. The summed E-state index contributed by atoms with van der Waals surface area (Å²) in [5, 5.41) is 6.40. The van der Waals surface area contributed by atoms with Crippen LogP contribution in [0.15, 0.2) is 29.4 Å². The van der Waals surface area contributed by atoms with Gasteiger partial charge in [-0.3, -0.25) is 4.79 Å². The number of halogens is 3. The van der Waals surface area contributed by atoms with Gasteiger partial charge in [0.1, 0.15) is 5.75 Å². The van der Waals surface area contributed by atoms with Crippen molar-refractivity contribution in [1.29, 1.82) is 0 Å². The second-order valence-corrected chi connectivity index (χ2v) is 5.79. The maximum absolute atomic E-state index is 11.4. The second kappa shape index (κ2) is 7.43. The van der Waals surface area contributed by atoms with Gasteiger partial charge in [-0.25, -0.2) is 5.43 Å². The molecule has 5 nitrogen and oxygen atoms in total. The molecule has 0 aliphatic rings. The Morgan fingerprint density at radius 3 is 2.53 bits per heavy atom. The fourth-order valence-electron chi connectivity index (χ4n) is 1.11. The van der Waals surface area contributed by atoms with Crippen molar-refractivity contribution in [2.45, 2.75) is 3.79 Å². The molecule has 0 unspecified atom stereocenters. The Labute approximate surface area is 125 Å². The lowest BCUT2D eigenvalue weighted by Gasteiger charge is -2.06. The minimum Gasteiger partial charge on any atom is -0.497 e. The van der Waals surface area contributed by atoms with Crippen LogP contribution in [0, 0.1) is 0 Å². The van der Waals surface area contributed by atoms with Crippen molar-refractivity contribution >= 4 is 52.6 Å². The third kappa shape index (κ3) is 7.10. The lowest BCUT2D eigenvalue weighted by Crippen LogP contribution is -2.26. The molecule has 2 N–H and O–H groups in total. The first-order chi connectivity index (χ1) is 8.90. The van der Waals surface area contributed by atoms with E-state index in [1.54, 1.807) is 31.4 Å². The topological polar surface area (TPSA) is 62.7 Å². The van der Waals surface area contributed by atoms with Gasteiger partial charge in [0.2, 0.25) is 3.79 Å². The summed E-state index contributed by atoms with van der Waals surface area (Å²) in [4.78, 5) is 11.4. The predicted molar refractivity (Wildman–Crippen MR) is 78.4 cm³/mol. The van der Waals surface area contributed by atoms with Gasteiger partial charge in [0.15, 0.2) is 0 Å². The highest BCUT2D eigenvalue weighted by molar-refractivity contribution is 6.74. The number of anilines is 1. The molecule has 8 heteroatoms. The standard InChI is InChI=1S/C11H12Cl3N3O2/c1-19-9-4-2-8(3-5-9)15-6-10(18)17-16-7-11(12,13)14/h2-5,7,15H,6H2,1H3,(H,17,18)/b16-7-. The van der Waals surface area contributed by atoms with Gasteiger partial charge in [-0.05, 0) is 24.3 Å². The maximum Gasteiger partial charge on any atom is 0.259 e. The molecule has 0 atom stereocenters.